The Kier molecular flexibility index (Phi) is 5.55. The Labute approximate surface area is 146 Å². The van der Waals surface area contributed by atoms with Gasteiger partial charge in [0.25, 0.3) is 5.91 Å². The average molecular weight is 342 g/mol. The molecule has 0 unspecified atom stereocenters. The maximum Gasteiger partial charge on any atom is 0.271 e. The van der Waals surface area contributed by atoms with Crippen molar-refractivity contribution < 1.29 is 14.6 Å². The van der Waals surface area contributed by atoms with Crippen molar-refractivity contribution in [1.82, 2.24) is 20.3 Å². The number of nitrogens with zero attached hydrogens (tertiary/aromatic N) is 3. The number of amides is 1. The lowest BCUT2D eigenvalue weighted by Gasteiger charge is -2.29. The van der Waals surface area contributed by atoms with Gasteiger partial charge in [0, 0.05) is 12.2 Å². The Bertz CT molecular complexity index is 713. The summed E-state index contributed by atoms with van der Waals surface area (Å²) >= 11 is 0. The molecular formula is C18H22N4O3. The van der Waals surface area contributed by atoms with Crippen LogP contribution in [0, 0.1) is 6.92 Å². The van der Waals surface area contributed by atoms with Crippen molar-refractivity contribution >= 4 is 5.91 Å². The molecule has 0 aromatic carbocycles. The highest BCUT2D eigenvalue weighted by atomic mass is 16.5. The van der Waals surface area contributed by atoms with E-state index in [4.69, 9.17) is 9.84 Å². The van der Waals surface area contributed by atoms with Gasteiger partial charge in [0.1, 0.15) is 11.4 Å². The van der Waals surface area contributed by atoms with Gasteiger partial charge < -0.3 is 15.2 Å². The maximum atomic E-state index is 12.2. The van der Waals surface area contributed by atoms with Crippen LogP contribution in [0.1, 0.15) is 47.6 Å². The largest absolute Gasteiger partial charge is 0.489 e. The van der Waals surface area contributed by atoms with Crippen LogP contribution in [0.15, 0.2) is 30.7 Å². The molecule has 0 saturated heterocycles. The molecule has 1 aliphatic carbocycles. The van der Waals surface area contributed by atoms with Gasteiger partial charge in [-0.1, -0.05) is 0 Å². The molecule has 7 nitrogen and oxygen atoms in total. The second kappa shape index (κ2) is 8.02. The van der Waals surface area contributed by atoms with Crippen LogP contribution in [-0.4, -0.2) is 38.1 Å². The summed E-state index contributed by atoms with van der Waals surface area (Å²) in [5.41, 5.74) is 1.60. The second-order valence-corrected chi connectivity index (χ2v) is 6.20. The molecule has 2 aromatic rings. The summed E-state index contributed by atoms with van der Waals surface area (Å²) < 4.78 is 6.03. The molecule has 0 radical (unpaired) electrons. The molecule has 1 fully saturated rings. The quantitative estimate of drug-likeness (QED) is 0.860. The molecule has 25 heavy (non-hydrogen) atoms. The van der Waals surface area contributed by atoms with Crippen molar-refractivity contribution in [2.24, 2.45) is 0 Å². The highest BCUT2D eigenvalue weighted by Gasteiger charge is 2.24. The second-order valence-electron chi connectivity index (χ2n) is 6.20. The van der Waals surface area contributed by atoms with Crippen LogP contribution in [0.4, 0.5) is 0 Å². The Hall–Kier alpha value is -2.54. The number of rotatable bonds is 5. The van der Waals surface area contributed by atoms with E-state index in [0.717, 1.165) is 37.1 Å². The molecule has 132 valence electrons. The fourth-order valence-electron chi connectivity index (χ4n) is 2.91. The van der Waals surface area contributed by atoms with Crippen molar-refractivity contribution in [3.05, 3.63) is 47.8 Å². The van der Waals surface area contributed by atoms with Crippen molar-refractivity contribution in [2.75, 3.05) is 0 Å². The van der Waals surface area contributed by atoms with Crippen molar-refractivity contribution in [2.45, 2.75) is 51.4 Å². The molecule has 2 heterocycles. The zero-order chi connectivity index (χ0) is 17.6. The molecule has 0 spiro atoms. The first-order chi connectivity index (χ1) is 12.2. The van der Waals surface area contributed by atoms with Crippen molar-refractivity contribution in [3.8, 4) is 5.75 Å². The van der Waals surface area contributed by atoms with Crippen LogP contribution >= 0.6 is 0 Å². The maximum absolute atomic E-state index is 12.2. The molecule has 2 N–H and O–H groups in total. The number of carbonyl (C=O) groups is 1. The number of carbonyl (C=O) groups excluding carboxylic acids is 1. The SMILES string of the molecule is Cc1ncccc1OC1CCC(NC(=O)c2cnc(CO)cn2)CC1. The summed E-state index contributed by atoms with van der Waals surface area (Å²) in [6.45, 7) is 1.75. The Morgan fingerprint density at radius 1 is 1.24 bits per heavy atom. The molecule has 2 aromatic heterocycles. The Balaban J connectivity index is 1.48. The summed E-state index contributed by atoms with van der Waals surface area (Å²) in [6, 6.07) is 3.92. The number of hydrogen-bond acceptors (Lipinski definition) is 6. The van der Waals surface area contributed by atoms with Gasteiger partial charge in [-0.3, -0.25) is 14.8 Å². The van der Waals surface area contributed by atoms with Gasteiger partial charge in [-0.25, -0.2) is 4.98 Å². The van der Waals surface area contributed by atoms with E-state index < -0.39 is 0 Å². The summed E-state index contributed by atoms with van der Waals surface area (Å²) in [7, 11) is 0. The first-order valence-electron chi connectivity index (χ1n) is 8.46. The lowest BCUT2D eigenvalue weighted by atomic mass is 9.93. The van der Waals surface area contributed by atoms with Crippen LogP contribution < -0.4 is 10.1 Å². The number of hydrogen-bond donors (Lipinski definition) is 2. The van der Waals surface area contributed by atoms with Gasteiger partial charge in [0.15, 0.2) is 0 Å². The summed E-state index contributed by atoms with van der Waals surface area (Å²) in [5.74, 6) is 0.596. The molecule has 3 rings (SSSR count). The average Bonchev–Trinajstić information content (AvgIpc) is 2.65. The highest BCUT2D eigenvalue weighted by molar-refractivity contribution is 5.92. The van der Waals surface area contributed by atoms with Crippen molar-refractivity contribution in [1.29, 1.82) is 0 Å². The first-order valence-corrected chi connectivity index (χ1v) is 8.46. The predicted molar refractivity (Wildman–Crippen MR) is 91.1 cm³/mol. The minimum absolute atomic E-state index is 0.113. The fourth-order valence-corrected chi connectivity index (χ4v) is 2.91. The molecule has 1 amide bonds. The summed E-state index contributed by atoms with van der Waals surface area (Å²) in [4.78, 5) is 24.5. The smallest absolute Gasteiger partial charge is 0.271 e. The van der Waals surface area contributed by atoms with Gasteiger partial charge in [-0.15, -0.1) is 0 Å². The normalized spacial score (nSPS) is 20.1. The Morgan fingerprint density at radius 3 is 2.68 bits per heavy atom. The zero-order valence-corrected chi connectivity index (χ0v) is 14.2. The standard InChI is InChI=1S/C18H22N4O3/c1-12-17(3-2-8-19-12)25-15-6-4-13(5-7-15)22-18(24)16-10-20-14(11-23)9-21-16/h2-3,8-10,13,15,23H,4-7,11H2,1H3,(H,22,24). The lowest BCUT2D eigenvalue weighted by molar-refractivity contribution is 0.0887. The topological polar surface area (TPSA) is 97.2 Å². The third kappa shape index (κ3) is 4.51. The van der Waals surface area contributed by atoms with Crippen LogP contribution in [0.3, 0.4) is 0 Å². The van der Waals surface area contributed by atoms with Crippen LogP contribution in [-0.2, 0) is 6.61 Å². The van der Waals surface area contributed by atoms with Gasteiger partial charge in [-0.05, 0) is 44.7 Å². The van der Waals surface area contributed by atoms with Gasteiger partial charge >= 0.3 is 0 Å². The predicted octanol–water partition coefficient (Wildman–Crippen LogP) is 1.79. The zero-order valence-electron chi connectivity index (χ0n) is 14.2. The number of aryl methyl sites for hydroxylation is 1. The van der Waals surface area contributed by atoms with Crippen LogP contribution in [0.5, 0.6) is 5.75 Å². The lowest BCUT2D eigenvalue weighted by Crippen LogP contribution is -2.40. The van der Waals surface area contributed by atoms with Gasteiger partial charge in [0.2, 0.25) is 0 Å². The number of aliphatic hydroxyl groups is 1. The highest BCUT2D eigenvalue weighted by Crippen LogP contribution is 2.25. The Morgan fingerprint density at radius 2 is 2.04 bits per heavy atom. The third-order valence-electron chi connectivity index (χ3n) is 4.36. The van der Waals surface area contributed by atoms with E-state index in [9.17, 15) is 4.79 Å². The summed E-state index contributed by atoms with van der Waals surface area (Å²) in [5, 5.41) is 12.0. The van der Waals surface area contributed by atoms with Crippen LogP contribution in [0.25, 0.3) is 0 Å². The van der Waals surface area contributed by atoms with E-state index in [-0.39, 0.29) is 30.4 Å². The van der Waals surface area contributed by atoms with E-state index >= 15 is 0 Å². The molecule has 1 saturated carbocycles. The monoisotopic (exact) mass is 342 g/mol. The molecule has 0 atom stereocenters. The number of aliphatic hydroxyl groups excluding tert-OH is 1. The number of aromatic nitrogens is 3. The van der Waals surface area contributed by atoms with E-state index in [2.05, 4.69) is 20.3 Å². The molecule has 0 bridgehead atoms. The van der Waals surface area contributed by atoms with E-state index in [1.807, 2.05) is 19.1 Å². The minimum Gasteiger partial charge on any atom is -0.489 e. The van der Waals surface area contributed by atoms with Crippen molar-refractivity contribution in [3.63, 3.8) is 0 Å². The molecule has 0 aliphatic heterocycles. The van der Waals surface area contributed by atoms with E-state index in [1.165, 1.54) is 12.4 Å². The minimum atomic E-state index is -0.232. The number of pyridine rings is 1. The van der Waals surface area contributed by atoms with Gasteiger partial charge in [0.05, 0.1) is 36.5 Å². The fraction of sp³-hybridized carbons (Fsp3) is 0.444. The van der Waals surface area contributed by atoms with Gasteiger partial charge in [-0.2, -0.15) is 0 Å². The molecule has 7 heteroatoms. The van der Waals surface area contributed by atoms with E-state index in [1.54, 1.807) is 6.20 Å². The molecule has 1 aliphatic rings. The molecular weight excluding hydrogens is 320 g/mol. The first kappa shape index (κ1) is 17.3. The van der Waals surface area contributed by atoms with Crippen LogP contribution in [0.2, 0.25) is 0 Å². The number of nitrogens with one attached hydrogen (secondary N) is 1. The number of ether oxygens (including phenoxy) is 1. The summed E-state index contributed by atoms with van der Waals surface area (Å²) in [6.07, 6.45) is 8.19. The van der Waals surface area contributed by atoms with E-state index in [0.29, 0.717) is 5.69 Å². The third-order valence-corrected chi connectivity index (χ3v) is 4.36.